The van der Waals surface area contributed by atoms with E-state index in [9.17, 15) is 0 Å². The van der Waals surface area contributed by atoms with Gasteiger partial charge in [0.1, 0.15) is 0 Å². The summed E-state index contributed by atoms with van der Waals surface area (Å²) < 4.78 is 0.761. The molecule has 0 saturated heterocycles. The smallest absolute Gasteiger partial charge is 0.0568 e. The highest BCUT2D eigenvalue weighted by Gasteiger charge is 2.11. The number of rotatable bonds is 3. The SMILES string of the molecule is Nc1cc(Cl)c(Br)cc1[C@@H](N)CCO. The molecule has 1 rings (SSSR count). The number of nitrogen functional groups attached to an aromatic ring is 1. The lowest BCUT2D eigenvalue weighted by Crippen LogP contribution is -2.14. The molecule has 0 bridgehead atoms. The average molecular weight is 280 g/mol. The van der Waals surface area contributed by atoms with E-state index in [1.165, 1.54) is 0 Å². The summed E-state index contributed by atoms with van der Waals surface area (Å²) >= 11 is 9.14. The van der Waals surface area contributed by atoms with Gasteiger partial charge in [-0.1, -0.05) is 11.6 Å². The number of anilines is 1. The van der Waals surface area contributed by atoms with Crippen LogP contribution in [-0.4, -0.2) is 11.7 Å². The van der Waals surface area contributed by atoms with Crippen molar-refractivity contribution in [2.24, 2.45) is 5.73 Å². The summed E-state index contributed by atoms with van der Waals surface area (Å²) in [5.74, 6) is 0. The van der Waals surface area contributed by atoms with Crippen LogP contribution in [0.5, 0.6) is 0 Å². The van der Waals surface area contributed by atoms with Gasteiger partial charge in [0.15, 0.2) is 0 Å². The van der Waals surface area contributed by atoms with Gasteiger partial charge in [-0.3, -0.25) is 0 Å². The van der Waals surface area contributed by atoms with Crippen molar-refractivity contribution < 1.29 is 5.11 Å². The highest BCUT2D eigenvalue weighted by Crippen LogP contribution is 2.31. The van der Waals surface area contributed by atoms with Gasteiger partial charge in [-0.25, -0.2) is 0 Å². The van der Waals surface area contributed by atoms with E-state index in [1.54, 1.807) is 12.1 Å². The third-order valence-electron chi connectivity index (χ3n) is 1.97. The molecule has 0 saturated carbocycles. The third kappa shape index (κ3) is 2.60. The summed E-state index contributed by atoms with van der Waals surface area (Å²) in [6.07, 6.45) is 0.484. The van der Waals surface area contributed by atoms with E-state index in [0.717, 1.165) is 10.0 Å². The number of hydrogen-bond donors (Lipinski definition) is 3. The molecule has 0 aromatic heterocycles. The van der Waals surface area contributed by atoms with E-state index in [-0.39, 0.29) is 12.6 Å². The lowest BCUT2D eigenvalue weighted by Gasteiger charge is -2.14. The summed E-state index contributed by atoms with van der Waals surface area (Å²) in [6, 6.07) is 3.18. The van der Waals surface area contributed by atoms with Gasteiger partial charge in [0.25, 0.3) is 0 Å². The van der Waals surface area contributed by atoms with Crippen molar-refractivity contribution in [2.45, 2.75) is 12.5 Å². The Bertz CT molecular complexity index is 333. The molecule has 5 heteroatoms. The van der Waals surface area contributed by atoms with Crippen molar-refractivity contribution in [3.05, 3.63) is 27.2 Å². The molecule has 0 fully saturated rings. The number of nitrogens with two attached hydrogens (primary N) is 2. The van der Waals surface area contributed by atoms with E-state index >= 15 is 0 Å². The van der Waals surface area contributed by atoms with Crippen molar-refractivity contribution in [1.82, 2.24) is 0 Å². The summed E-state index contributed by atoms with van der Waals surface area (Å²) in [5.41, 5.74) is 12.9. The lowest BCUT2D eigenvalue weighted by molar-refractivity contribution is 0.276. The van der Waals surface area contributed by atoms with Crippen molar-refractivity contribution in [3.8, 4) is 0 Å². The number of halogens is 2. The molecule has 0 aliphatic heterocycles. The fraction of sp³-hybridized carbons (Fsp3) is 0.333. The monoisotopic (exact) mass is 278 g/mol. The van der Waals surface area contributed by atoms with Gasteiger partial charge >= 0.3 is 0 Å². The molecular formula is C9H12BrClN2O. The summed E-state index contributed by atoms with van der Waals surface area (Å²) in [7, 11) is 0. The van der Waals surface area contributed by atoms with Crippen LogP contribution in [0.15, 0.2) is 16.6 Å². The van der Waals surface area contributed by atoms with Crippen LogP contribution in [0.4, 0.5) is 5.69 Å². The van der Waals surface area contributed by atoms with Crippen molar-refractivity contribution in [3.63, 3.8) is 0 Å². The normalized spacial score (nSPS) is 12.9. The number of benzene rings is 1. The van der Waals surface area contributed by atoms with Crippen LogP contribution in [0.2, 0.25) is 5.02 Å². The zero-order valence-corrected chi connectivity index (χ0v) is 9.85. The standard InChI is InChI=1S/C9H12BrClN2O/c10-6-3-5(8(12)1-2-14)9(13)4-7(6)11/h3-4,8,14H,1-2,12-13H2/t8-/m0/s1. The number of aliphatic hydroxyl groups excluding tert-OH is 1. The topological polar surface area (TPSA) is 72.3 Å². The number of hydrogen-bond acceptors (Lipinski definition) is 3. The van der Waals surface area contributed by atoms with E-state index in [1.807, 2.05) is 0 Å². The zero-order chi connectivity index (χ0) is 10.7. The van der Waals surface area contributed by atoms with Crippen molar-refractivity contribution in [2.75, 3.05) is 12.3 Å². The molecule has 14 heavy (non-hydrogen) atoms. The van der Waals surface area contributed by atoms with Crippen LogP contribution in [0.25, 0.3) is 0 Å². The predicted octanol–water partition coefficient (Wildman–Crippen LogP) is 2.07. The first kappa shape index (κ1) is 11.8. The number of aliphatic hydroxyl groups is 1. The van der Waals surface area contributed by atoms with Crippen molar-refractivity contribution >= 4 is 33.2 Å². The Morgan fingerprint density at radius 1 is 1.50 bits per heavy atom. The molecule has 1 aromatic carbocycles. The first-order valence-electron chi connectivity index (χ1n) is 4.17. The molecule has 0 aliphatic rings. The van der Waals surface area contributed by atoms with Gasteiger partial charge in [0, 0.05) is 22.8 Å². The minimum Gasteiger partial charge on any atom is -0.398 e. The molecule has 1 aromatic rings. The Morgan fingerprint density at radius 2 is 2.14 bits per heavy atom. The second kappa shape index (κ2) is 4.98. The molecule has 78 valence electrons. The molecule has 1 atom stereocenters. The molecule has 0 radical (unpaired) electrons. The van der Waals surface area contributed by atoms with Gasteiger partial charge in [-0.2, -0.15) is 0 Å². The Morgan fingerprint density at radius 3 is 2.71 bits per heavy atom. The Balaban J connectivity index is 3.02. The zero-order valence-electron chi connectivity index (χ0n) is 7.50. The largest absolute Gasteiger partial charge is 0.398 e. The minimum atomic E-state index is -0.256. The van der Waals surface area contributed by atoms with Crippen molar-refractivity contribution in [1.29, 1.82) is 0 Å². The maximum absolute atomic E-state index is 8.75. The molecule has 0 unspecified atom stereocenters. The lowest BCUT2D eigenvalue weighted by atomic mass is 10.0. The first-order valence-corrected chi connectivity index (χ1v) is 5.34. The van der Waals surface area contributed by atoms with Gasteiger partial charge in [0.05, 0.1) is 5.02 Å². The van der Waals surface area contributed by atoms with E-state index in [0.29, 0.717) is 17.1 Å². The average Bonchev–Trinajstić information content (AvgIpc) is 2.11. The van der Waals surface area contributed by atoms with E-state index in [4.69, 9.17) is 28.2 Å². The molecule has 0 spiro atoms. The molecule has 5 N–H and O–H groups in total. The van der Waals surface area contributed by atoms with Crippen LogP contribution in [0.3, 0.4) is 0 Å². The van der Waals surface area contributed by atoms with Crippen LogP contribution in [0.1, 0.15) is 18.0 Å². The molecule has 0 amide bonds. The van der Waals surface area contributed by atoms with Crippen LogP contribution in [-0.2, 0) is 0 Å². The Labute approximate surface area is 96.2 Å². The van der Waals surface area contributed by atoms with Crippen LogP contribution < -0.4 is 11.5 Å². The van der Waals surface area contributed by atoms with Crippen LogP contribution in [0, 0.1) is 0 Å². The van der Waals surface area contributed by atoms with E-state index < -0.39 is 0 Å². The minimum absolute atomic E-state index is 0.0425. The Hall–Kier alpha value is -0.290. The van der Waals surface area contributed by atoms with Gasteiger partial charge in [0.2, 0.25) is 0 Å². The molecule has 0 aliphatic carbocycles. The molecule has 0 heterocycles. The fourth-order valence-electron chi connectivity index (χ4n) is 1.19. The second-order valence-corrected chi connectivity index (χ2v) is 4.28. The second-order valence-electron chi connectivity index (χ2n) is 3.01. The molecular weight excluding hydrogens is 267 g/mol. The highest BCUT2D eigenvalue weighted by atomic mass is 79.9. The van der Waals surface area contributed by atoms with Gasteiger partial charge in [-0.05, 0) is 40.0 Å². The fourth-order valence-corrected chi connectivity index (χ4v) is 1.73. The van der Waals surface area contributed by atoms with Gasteiger partial charge < -0.3 is 16.6 Å². The highest BCUT2D eigenvalue weighted by molar-refractivity contribution is 9.10. The molecule has 3 nitrogen and oxygen atoms in total. The van der Waals surface area contributed by atoms with Gasteiger partial charge in [-0.15, -0.1) is 0 Å². The third-order valence-corrected chi connectivity index (χ3v) is 3.16. The quantitative estimate of drug-likeness (QED) is 0.742. The maximum atomic E-state index is 8.75. The maximum Gasteiger partial charge on any atom is 0.0568 e. The summed E-state index contributed by atoms with van der Waals surface area (Å²) in [5, 5.41) is 9.31. The first-order chi connectivity index (χ1) is 6.56. The predicted molar refractivity (Wildman–Crippen MR) is 62.2 cm³/mol. The van der Waals surface area contributed by atoms with E-state index in [2.05, 4.69) is 15.9 Å². The summed E-state index contributed by atoms with van der Waals surface area (Å²) in [6.45, 7) is 0.0425. The summed E-state index contributed by atoms with van der Waals surface area (Å²) in [4.78, 5) is 0. The van der Waals surface area contributed by atoms with Crippen LogP contribution >= 0.6 is 27.5 Å². The Kier molecular flexibility index (Phi) is 4.19.